The largest absolute Gasteiger partial charge is 0.458 e. The molecule has 0 radical (unpaired) electrons. The highest BCUT2D eigenvalue weighted by Crippen LogP contribution is 2.61. The summed E-state index contributed by atoms with van der Waals surface area (Å²) in [4.78, 5) is 11.2. The van der Waals surface area contributed by atoms with Gasteiger partial charge in [-0.25, -0.2) is 4.79 Å². The Bertz CT molecular complexity index is 535. The molecule has 3 heteroatoms. The normalized spacial score (nSPS) is 40.6. The molecule has 128 valence electrons. The van der Waals surface area contributed by atoms with E-state index in [0.29, 0.717) is 25.0 Å². The maximum Gasteiger partial charge on any atom is 0.331 e. The molecule has 23 heavy (non-hydrogen) atoms. The van der Waals surface area contributed by atoms with Gasteiger partial charge in [0.05, 0.1) is 0 Å². The van der Waals surface area contributed by atoms with Gasteiger partial charge in [-0.3, -0.25) is 0 Å². The van der Waals surface area contributed by atoms with Crippen molar-refractivity contribution in [1.82, 2.24) is 0 Å². The van der Waals surface area contributed by atoms with E-state index in [0.717, 1.165) is 37.7 Å². The summed E-state index contributed by atoms with van der Waals surface area (Å²) >= 11 is 0. The van der Waals surface area contributed by atoms with Gasteiger partial charge in [-0.2, -0.15) is 0 Å². The molecule has 2 fully saturated rings. The van der Waals surface area contributed by atoms with Crippen LogP contribution < -0.4 is 0 Å². The van der Waals surface area contributed by atoms with E-state index in [1.807, 2.05) is 0 Å². The van der Waals surface area contributed by atoms with E-state index in [1.165, 1.54) is 18.4 Å². The lowest BCUT2D eigenvalue weighted by Crippen LogP contribution is -2.51. The van der Waals surface area contributed by atoms with E-state index in [2.05, 4.69) is 20.4 Å². The molecule has 3 aliphatic rings. The molecule has 3 nitrogen and oxygen atoms in total. The van der Waals surface area contributed by atoms with Gasteiger partial charge in [0.2, 0.25) is 0 Å². The van der Waals surface area contributed by atoms with Gasteiger partial charge < -0.3 is 9.84 Å². The monoisotopic (exact) mass is 318 g/mol. The third-order valence-electron chi connectivity index (χ3n) is 6.98. The van der Waals surface area contributed by atoms with Crippen LogP contribution in [0.3, 0.4) is 0 Å². The second-order valence-electron chi connectivity index (χ2n) is 8.42. The highest BCUT2D eigenvalue weighted by atomic mass is 16.5. The average molecular weight is 318 g/mol. The number of carbonyl (C=O) groups is 1. The lowest BCUT2D eigenvalue weighted by Gasteiger charge is -2.58. The fraction of sp³-hybridized carbons (Fsp3) is 0.750. The Kier molecular flexibility index (Phi) is 4.43. The van der Waals surface area contributed by atoms with Gasteiger partial charge in [0, 0.05) is 12.7 Å². The number of fused-ring (bicyclic) bond motifs is 1. The van der Waals surface area contributed by atoms with E-state index < -0.39 is 0 Å². The predicted molar refractivity (Wildman–Crippen MR) is 90.8 cm³/mol. The summed E-state index contributed by atoms with van der Waals surface area (Å²) in [5.74, 6) is 0.862. The van der Waals surface area contributed by atoms with Crippen molar-refractivity contribution in [2.24, 2.45) is 22.7 Å². The first kappa shape index (κ1) is 16.8. The molecule has 3 rings (SSSR count). The van der Waals surface area contributed by atoms with E-state index in [9.17, 15) is 9.90 Å². The first-order valence-corrected chi connectivity index (χ1v) is 9.04. The van der Waals surface area contributed by atoms with Crippen LogP contribution >= 0.6 is 0 Å². The average Bonchev–Trinajstić information content (AvgIpc) is 2.92. The maximum atomic E-state index is 11.2. The first-order valence-electron chi connectivity index (χ1n) is 9.04. The SMILES string of the molecule is C=C1CC[C@@H]2[C@@](C)(CO)CCC[C@@]2(C)[C@@H]1CCC1=CC(=O)OC1. The summed E-state index contributed by atoms with van der Waals surface area (Å²) in [5.41, 5.74) is 2.78. The van der Waals surface area contributed by atoms with Crippen LogP contribution in [0.1, 0.15) is 58.8 Å². The van der Waals surface area contributed by atoms with Gasteiger partial charge in [-0.15, -0.1) is 0 Å². The molecular formula is C20H30O3. The molecular weight excluding hydrogens is 288 g/mol. The first-order chi connectivity index (χ1) is 10.9. The van der Waals surface area contributed by atoms with Crippen molar-refractivity contribution >= 4 is 5.97 Å². The van der Waals surface area contributed by atoms with E-state index in [1.54, 1.807) is 6.08 Å². The van der Waals surface area contributed by atoms with Crippen LogP contribution in [0.5, 0.6) is 0 Å². The van der Waals surface area contributed by atoms with Crippen LogP contribution in [0.2, 0.25) is 0 Å². The fourth-order valence-corrected chi connectivity index (χ4v) is 5.69. The van der Waals surface area contributed by atoms with Crippen LogP contribution in [0.4, 0.5) is 0 Å². The fourth-order valence-electron chi connectivity index (χ4n) is 5.69. The zero-order valence-electron chi connectivity index (χ0n) is 14.6. The van der Waals surface area contributed by atoms with Crippen molar-refractivity contribution in [3.05, 3.63) is 23.8 Å². The highest BCUT2D eigenvalue weighted by Gasteiger charge is 2.54. The predicted octanol–water partition coefficient (Wildman–Crippen LogP) is 4.02. The van der Waals surface area contributed by atoms with Gasteiger partial charge in [0.1, 0.15) is 6.61 Å². The summed E-state index contributed by atoms with van der Waals surface area (Å²) in [6.45, 7) is 9.83. The molecule has 0 aromatic heterocycles. The summed E-state index contributed by atoms with van der Waals surface area (Å²) in [6.07, 6.45) is 9.43. The zero-order valence-corrected chi connectivity index (χ0v) is 14.6. The summed E-state index contributed by atoms with van der Waals surface area (Å²) in [5, 5.41) is 10.0. The second-order valence-corrected chi connectivity index (χ2v) is 8.42. The lowest BCUT2D eigenvalue weighted by atomic mass is 9.47. The van der Waals surface area contributed by atoms with Gasteiger partial charge in [-0.05, 0) is 66.8 Å². The quantitative estimate of drug-likeness (QED) is 0.629. The summed E-state index contributed by atoms with van der Waals surface area (Å²) < 4.78 is 5.03. The Morgan fingerprint density at radius 1 is 1.39 bits per heavy atom. The van der Waals surface area contributed by atoms with Crippen LogP contribution in [0.15, 0.2) is 23.8 Å². The number of aliphatic hydroxyl groups excluding tert-OH is 1. The van der Waals surface area contributed by atoms with Gasteiger partial charge in [0.25, 0.3) is 0 Å². The second kappa shape index (κ2) is 6.08. The summed E-state index contributed by atoms with van der Waals surface area (Å²) in [7, 11) is 0. The molecule has 0 unspecified atom stereocenters. The number of cyclic esters (lactones) is 1. The van der Waals surface area contributed by atoms with Crippen LogP contribution in [-0.2, 0) is 9.53 Å². The number of hydrogen-bond acceptors (Lipinski definition) is 3. The van der Waals surface area contributed by atoms with E-state index >= 15 is 0 Å². The minimum atomic E-state index is -0.197. The number of allylic oxidation sites excluding steroid dienone is 1. The van der Waals surface area contributed by atoms with Crippen molar-refractivity contribution < 1.29 is 14.6 Å². The van der Waals surface area contributed by atoms with Crippen LogP contribution in [0.25, 0.3) is 0 Å². The molecule has 0 bridgehead atoms. The Morgan fingerprint density at radius 2 is 2.17 bits per heavy atom. The molecule has 4 atom stereocenters. The molecule has 0 aromatic carbocycles. The van der Waals surface area contributed by atoms with Gasteiger partial charge in [0.15, 0.2) is 0 Å². The van der Waals surface area contributed by atoms with E-state index in [-0.39, 0.29) is 16.8 Å². The number of rotatable bonds is 4. The number of aliphatic hydroxyl groups is 1. The number of hydrogen-bond donors (Lipinski definition) is 1. The smallest absolute Gasteiger partial charge is 0.331 e. The topological polar surface area (TPSA) is 46.5 Å². The van der Waals surface area contributed by atoms with Crippen molar-refractivity contribution in [3.8, 4) is 0 Å². The third kappa shape index (κ3) is 2.88. The molecule has 2 aliphatic carbocycles. The van der Waals surface area contributed by atoms with Crippen molar-refractivity contribution in [1.29, 1.82) is 0 Å². The van der Waals surface area contributed by atoms with Crippen LogP contribution in [0, 0.1) is 22.7 Å². The van der Waals surface area contributed by atoms with Crippen molar-refractivity contribution in [3.63, 3.8) is 0 Å². The lowest BCUT2D eigenvalue weighted by molar-refractivity contribution is -0.134. The molecule has 1 N–H and O–H groups in total. The van der Waals surface area contributed by atoms with Crippen LogP contribution in [-0.4, -0.2) is 24.3 Å². The minimum absolute atomic E-state index is 0.0532. The molecule has 0 aromatic rings. The molecule has 1 aliphatic heterocycles. The Hall–Kier alpha value is -1.09. The van der Waals surface area contributed by atoms with E-state index in [4.69, 9.17) is 4.74 Å². The standard InChI is InChI=1S/C20H30O3/c1-14-5-8-17-19(2,13-21)9-4-10-20(17,3)16(14)7-6-15-11-18(22)23-12-15/h11,16-17,21H,1,4-10,12-13H2,2-3H3/t16-,17-,19-,20+/m1/s1. The Morgan fingerprint density at radius 3 is 2.83 bits per heavy atom. The number of esters is 1. The third-order valence-corrected chi connectivity index (χ3v) is 6.98. The zero-order chi connectivity index (χ0) is 16.7. The summed E-state index contributed by atoms with van der Waals surface area (Å²) in [6, 6.07) is 0. The Balaban J connectivity index is 1.78. The highest BCUT2D eigenvalue weighted by molar-refractivity contribution is 5.85. The molecule has 0 saturated heterocycles. The van der Waals surface area contributed by atoms with Crippen molar-refractivity contribution in [2.75, 3.05) is 13.2 Å². The number of ether oxygens (including phenoxy) is 1. The number of carbonyl (C=O) groups excluding carboxylic acids is 1. The molecule has 2 saturated carbocycles. The molecule has 0 spiro atoms. The molecule has 0 amide bonds. The maximum absolute atomic E-state index is 11.2. The van der Waals surface area contributed by atoms with Gasteiger partial charge in [-0.1, -0.05) is 32.4 Å². The minimum Gasteiger partial charge on any atom is -0.458 e. The van der Waals surface area contributed by atoms with Gasteiger partial charge >= 0.3 is 5.97 Å². The van der Waals surface area contributed by atoms with Crippen molar-refractivity contribution in [2.45, 2.75) is 58.8 Å². The molecule has 1 heterocycles. The Labute approximate surface area is 139 Å².